The summed E-state index contributed by atoms with van der Waals surface area (Å²) >= 11 is 1.95. The van der Waals surface area contributed by atoms with E-state index in [-0.39, 0.29) is 18.3 Å². The van der Waals surface area contributed by atoms with Crippen LogP contribution in [0.25, 0.3) is 0 Å². The van der Waals surface area contributed by atoms with Gasteiger partial charge in [0.25, 0.3) is 0 Å². The molecule has 3 N–H and O–H groups in total. The molecule has 1 fully saturated rings. The molecule has 1 atom stereocenters. The quantitative estimate of drug-likeness (QED) is 0.868. The van der Waals surface area contributed by atoms with E-state index >= 15 is 0 Å². The highest BCUT2D eigenvalue weighted by atomic mass is 35.5. The van der Waals surface area contributed by atoms with Crippen LogP contribution in [0, 0.1) is 0 Å². The Morgan fingerprint density at radius 2 is 1.95 bits per heavy atom. The Kier molecular flexibility index (Phi) is 7.41. The minimum absolute atomic E-state index is 0. The Morgan fingerprint density at radius 1 is 1.35 bits per heavy atom. The first-order valence-corrected chi connectivity index (χ1v) is 7.90. The van der Waals surface area contributed by atoms with Gasteiger partial charge in [-0.15, -0.1) is 24.2 Å². The minimum atomic E-state index is -0.424. The lowest BCUT2D eigenvalue weighted by Gasteiger charge is -2.11. The van der Waals surface area contributed by atoms with Crippen LogP contribution in [0.4, 0.5) is 5.69 Å². The van der Waals surface area contributed by atoms with Gasteiger partial charge in [0.05, 0.1) is 6.04 Å². The van der Waals surface area contributed by atoms with Crippen molar-refractivity contribution < 1.29 is 4.79 Å². The van der Waals surface area contributed by atoms with Crippen LogP contribution >= 0.6 is 24.2 Å². The maximum atomic E-state index is 11.7. The van der Waals surface area contributed by atoms with Crippen LogP contribution in [0.2, 0.25) is 0 Å². The van der Waals surface area contributed by atoms with Gasteiger partial charge < -0.3 is 11.1 Å². The maximum Gasteiger partial charge on any atom is 0.241 e. The summed E-state index contributed by atoms with van der Waals surface area (Å²) in [4.78, 5) is 12.9. The molecule has 3 nitrogen and oxygen atoms in total. The Hall–Kier alpha value is -0.710. The molecule has 1 aliphatic carbocycles. The molecule has 20 heavy (non-hydrogen) atoms. The molecule has 0 aliphatic heterocycles. The zero-order chi connectivity index (χ0) is 13.7. The molecular weight excluding hydrogens is 292 g/mol. The number of nitrogens with one attached hydrogen (secondary N) is 1. The van der Waals surface area contributed by atoms with Crippen LogP contribution in [0.3, 0.4) is 0 Å². The van der Waals surface area contributed by atoms with Crippen molar-refractivity contribution in [2.24, 2.45) is 5.73 Å². The molecule has 0 unspecified atom stereocenters. The van der Waals surface area contributed by atoms with E-state index in [1.807, 2.05) is 30.8 Å². The minimum Gasteiger partial charge on any atom is -0.325 e. The summed E-state index contributed by atoms with van der Waals surface area (Å²) < 4.78 is 0. The van der Waals surface area contributed by atoms with Gasteiger partial charge in [0, 0.05) is 15.8 Å². The molecule has 0 saturated heterocycles. The number of thioether (sulfide) groups is 1. The Morgan fingerprint density at radius 3 is 2.50 bits per heavy atom. The first-order chi connectivity index (χ1) is 9.19. The molecule has 1 saturated carbocycles. The Bertz CT molecular complexity index is 418. The summed E-state index contributed by atoms with van der Waals surface area (Å²) in [6.45, 7) is 1.91. The van der Waals surface area contributed by atoms with E-state index in [1.165, 1.54) is 30.6 Å². The zero-order valence-corrected chi connectivity index (χ0v) is 13.4. The summed E-state index contributed by atoms with van der Waals surface area (Å²) in [5.74, 6) is -0.112. The van der Waals surface area contributed by atoms with Crippen molar-refractivity contribution in [3.8, 4) is 0 Å². The van der Waals surface area contributed by atoms with Gasteiger partial charge in [-0.05, 0) is 43.5 Å². The largest absolute Gasteiger partial charge is 0.325 e. The molecule has 0 bridgehead atoms. The highest BCUT2D eigenvalue weighted by Crippen LogP contribution is 2.34. The molecule has 1 aromatic rings. The van der Waals surface area contributed by atoms with Gasteiger partial charge in [-0.1, -0.05) is 19.8 Å². The van der Waals surface area contributed by atoms with Crippen LogP contribution in [-0.4, -0.2) is 17.2 Å². The number of amides is 1. The van der Waals surface area contributed by atoms with E-state index in [9.17, 15) is 4.79 Å². The van der Waals surface area contributed by atoms with Gasteiger partial charge in [-0.2, -0.15) is 0 Å². The SMILES string of the molecule is CC[C@H](N)C(=O)Nc1ccc(SC2CCCC2)cc1.Cl. The average Bonchev–Trinajstić information content (AvgIpc) is 2.93. The number of halogens is 1. The number of hydrogen-bond acceptors (Lipinski definition) is 3. The van der Waals surface area contributed by atoms with Crippen LogP contribution < -0.4 is 11.1 Å². The fourth-order valence-electron chi connectivity index (χ4n) is 2.24. The molecule has 0 heterocycles. The van der Waals surface area contributed by atoms with Gasteiger partial charge >= 0.3 is 0 Å². The Balaban J connectivity index is 0.00000200. The standard InChI is InChI=1S/C15H22N2OS.ClH/c1-2-14(16)15(18)17-11-7-9-13(10-8-11)19-12-5-3-4-6-12;/h7-10,12,14H,2-6,16H2,1H3,(H,17,18);1H/t14-;/m0./s1. The number of hydrogen-bond donors (Lipinski definition) is 2. The van der Waals surface area contributed by atoms with Crippen molar-refractivity contribution >= 4 is 35.8 Å². The van der Waals surface area contributed by atoms with E-state index in [4.69, 9.17) is 5.73 Å². The van der Waals surface area contributed by atoms with Gasteiger partial charge in [-0.3, -0.25) is 4.79 Å². The average molecular weight is 315 g/mol. The summed E-state index contributed by atoms with van der Waals surface area (Å²) in [5, 5.41) is 3.61. The lowest BCUT2D eigenvalue weighted by Crippen LogP contribution is -2.34. The predicted octanol–water partition coefficient (Wildman–Crippen LogP) is 3.82. The highest BCUT2D eigenvalue weighted by molar-refractivity contribution is 8.00. The molecule has 1 amide bonds. The molecule has 0 spiro atoms. The highest BCUT2D eigenvalue weighted by Gasteiger charge is 2.16. The summed E-state index contributed by atoms with van der Waals surface area (Å²) in [5.41, 5.74) is 6.51. The van der Waals surface area contributed by atoms with Gasteiger partial charge in [0.15, 0.2) is 0 Å². The van der Waals surface area contributed by atoms with Crippen LogP contribution in [0.1, 0.15) is 39.0 Å². The Labute approximate surface area is 131 Å². The van der Waals surface area contributed by atoms with Gasteiger partial charge in [-0.25, -0.2) is 0 Å². The zero-order valence-electron chi connectivity index (χ0n) is 11.8. The number of rotatable bonds is 5. The first kappa shape index (κ1) is 17.3. The van der Waals surface area contributed by atoms with Gasteiger partial charge in [0.1, 0.15) is 0 Å². The predicted molar refractivity (Wildman–Crippen MR) is 88.7 cm³/mol. The van der Waals surface area contributed by atoms with E-state index < -0.39 is 6.04 Å². The third kappa shape index (κ3) is 5.00. The fraction of sp³-hybridized carbons (Fsp3) is 0.533. The van der Waals surface area contributed by atoms with Crippen molar-refractivity contribution in [2.45, 2.75) is 55.2 Å². The number of nitrogens with two attached hydrogens (primary N) is 1. The number of benzene rings is 1. The normalized spacial score (nSPS) is 16.5. The van der Waals surface area contributed by atoms with E-state index in [1.54, 1.807) is 0 Å². The summed E-state index contributed by atoms with van der Waals surface area (Å²) in [6, 6.07) is 7.65. The van der Waals surface area contributed by atoms with E-state index in [2.05, 4.69) is 17.4 Å². The smallest absolute Gasteiger partial charge is 0.241 e. The fourth-order valence-corrected chi connectivity index (χ4v) is 3.48. The molecule has 0 aromatic heterocycles. The van der Waals surface area contributed by atoms with Crippen LogP contribution in [0.5, 0.6) is 0 Å². The van der Waals surface area contributed by atoms with Crippen molar-refractivity contribution in [1.29, 1.82) is 0 Å². The first-order valence-electron chi connectivity index (χ1n) is 7.02. The summed E-state index contributed by atoms with van der Waals surface area (Å²) in [6.07, 6.45) is 6.03. The lowest BCUT2D eigenvalue weighted by atomic mass is 10.2. The monoisotopic (exact) mass is 314 g/mol. The summed E-state index contributed by atoms with van der Waals surface area (Å²) in [7, 11) is 0. The molecule has 2 rings (SSSR count). The molecule has 5 heteroatoms. The third-order valence-electron chi connectivity index (χ3n) is 3.50. The van der Waals surface area contributed by atoms with Crippen molar-refractivity contribution in [3.63, 3.8) is 0 Å². The lowest BCUT2D eigenvalue weighted by molar-refractivity contribution is -0.117. The molecule has 1 aromatic carbocycles. The second-order valence-corrected chi connectivity index (χ2v) is 6.43. The van der Waals surface area contributed by atoms with Crippen LogP contribution in [0.15, 0.2) is 29.2 Å². The van der Waals surface area contributed by atoms with Crippen LogP contribution in [-0.2, 0) is 4.79 Å². The van der Waals surface area contributed by atoms with E-state index in [0.717, 1.165) is 10.9 Å². The molecule has 0 radical (unpaired) electrons. The van der Waals surface area contributed by atoms with Crippen molar-refractivity contribution in [2.75, 3.05) is 5.32 Å². The number of carbonyl (C=O) groups excluding carboxylic acids is 1. The van der Waals surface area contributed by atoms with Gasteiger partial charge in [0.2, 0.25) is 5.91 Å². The molecule has 1 aliphatic rings. The molecular formula is C15H23ClN2OS. The second-order valence-electron chi connectivity index (χ2n) is 5.05. The van der Waals surface area contributed by atoms with E-state index in [0.29, 0.717) is 6.42 Å². The third-order valence-corrected chi connectivity index (χ3v) is 4.85. The van der Waals surface area contributed by atoms with Crippen molar-refractivity contribution in [1.82, 2.24) is 0 Å². The number of carbonyl (C=O) groups is 1. The molecule has 112 valence electrons. The maximum absolute atomic E-state index is 11.7. The second kappa shape index (κ2) is 8.55. The van der Waals surface area contributed by atoms with Crippen molar-refractivity contribution in [3.05, 3.63) is 24.3 Å². The topological polar surface area (TPSA) is 55.1 Å². The number of anilines is 1.